The Morgan fingerprint density at radius 3 is 2.05 bits per heavy atom. The van der Waals surface area contributed by atoms with Gasteiger partial charge in [-0.2, -0.15) is 0 Å². The maximum atomic E-state index is 12.6. The first-order valence-electron chi connectivity index (χ1n) is 6.82. The van der Waals surface area contributed by atoms with E-state index in [0.717, 1.165) is 26.7 Å². The second-order valence-electron chi connectivity index (χ2n) is 5.22. The van der Waals surface area contributed by atoms with Crippen molar-refractivity contribution in [2.75, 3.05) is 0 Å². The Balaban J connectivity index is 2.01. The normalized spacial score (nSPS) is 14.4. The minimum absolute atomic E-state index is 0.385. The van der Waals surface area contributed by atoms with Crippen molar-refractivity contribution in [2.45, 2.75) is 9.79 Å². The van der Waals surface area contributed by atoms with Crippen molar-refractivity contribution < 1.29 is 8.42 Å². The number of hydrogen-bond donors (Lipinski definition) is 0. The molecule has 2 nitrogen and oxygen atoms in total. The molecule has 0 spiro atoms. The molecule has 4 heteroatoms. The molecule has 22 heavy (non-hydrogen) atoms. The van der Waals surface area contributed by atoms with Gasteiger partial charge in [0, 0.05) is 15.6 Å². The number of sulfone groups is 1. The van der Waals surface area contributed by atoms with E-state index >= 15 is 0 Å². The monoisotopic (exact) mass is 370 g/mol. The van der Waals surface area contributed by atoms with Crippen LogP contribution in [0.1, 0.15) is 0 Å². The zero-order valence-electron chi connectivity index (χ0n) is 11.5. The van der Waals surface area contributed by atoms with Gasteiger partial charge in [0.2, 0.25) is 9.84 Å². The third-order valence-electron chi connectivity index (χ3n) is 3.90. The lowest BCUT2D eigenvalue weighted by Crippen LogP contribution is -1.96. The maximum absolute atomic E-state index is 12.6. The molecule has 4 rings (SSSR count). The molecule has 0 saturated carbocycles. The van der Waals surface area contributed by atoms with Crippen LogP contribution in [0.4, 0.5) is 0 Å². The maximum Gasteiger partial charge on any atom is 0.207 e. The van der Waals surface area contributed by atoms with Crippen LogP contribution in [-0.2, 0) is 9.84 Å². The summed E-state index contributed by atoms with van der Waals surface area (Å²) < 4.78 is 26.1. The van der Waals surface area contributed by atoms with Crippen LogP contribution in [0, 0.1) is 0 Å². The first-order chi connectivity index (χ1) is 10.6. The largest absolute Gasteiger partial charge is 0.218 e. The fraction of sp³-hybridized carbons (Fsp3) is 0. The van der Waals surface area contributed by atoms with Crippen molar-refractivity contribution in [3.05, 3.63) is 71.2 Å². The molecule has 0 N–H and O–H groups in total. The Kier molecular flexibility index (Phi) is 2.99. The van der Waals surface area contributed by atoms with Crippen molar-refractivity contribution in [2.24, 2.45) is 0 Å². The van der Waals surface area contributed by atoms with Crippen LogP contribution in [0.2, 0.25) is 0 Å². The molecular weight excluding hydrogens is 360 g/mol. The first kappa shape index (κ1) is 13.7. The van der Waals surface area contributed by atoms with Crippen LogP contribution >= 0.6 is 15.9 Å². The Hall–Kier alpha value is -1.91. The van der Waals surface area contributed by atoms with Gasteiger partial charge in [0.25, 0.3) is 0 Å². The Morgan fingerprint density at radius 1 is 0.682 bits per heavy atom. The molecule has 0 radical (unpaired) electrons. The molecule has 0 fully saturated rings. The summed E-state index contributed by atoms with van der Waals surface area (Å²) in [6, 6.07) is 20.8. The Morgan fingerprint density at radius 2 is 1.32 bits per heavy atom. The zero-order chi connectivity index (χ0) is 15.3. The van der Waals surface area contributed by atoms with Crippen LogP contribution in [0.15, 0.2) is 81.0 Å². The predicted octanol–water partition coefficient (Wildman–Crippen LogP) is 4.93. The van der Waals surface area contributed by atoms with Crippen molar-refractivity contribution >= 4 is 25.8 Å². The molecule has 0 saturated heterocycles. The van der Waals surface area contributed by atoms with Gasteiger partial charge in [0.15, 0.2) is 0 Å². The van der Waals surface area contributed by atoms with Crippen LogP contribution in [-0.4, -0.2) is 8.42 Å². The number of fused-ring (bicyclic) bond motifs is 3. The summed E-state index contributed by atoms with van der Waals surface area (Å²) in [5.41, 5.74) is 3.63. The van der Waals surface area contributed by atoms with E-state index in [1.807, 2.05) is 48.5 Å². The molecule has 1 heterocycles. The minimum atomic E-state index is -3.40. The third-order valence-corrected chi connectivity index (χ3v) is 6.26. The van der Waals surface area contributed by atoms with Crippen LogP contribution < -0.4 is 0 Å². The van der Waals surface area contributed by atoms with Crippen molar-refractivity contribution in [3.8, 4) is 22.3 Å². The van der Waals surface area contributed by atoms with E-state index in [2.05, 4.69) is 15.9 Å². The van der Waals surface area contributed by atoms with E-state index in [4.69, 9.17) is 0 Å². The summed E-state index contributed by atoms with van der Waals surface area (Å²) in [4.78, 5) is 0.774. The van der Waals surface area contributed by atoms with Gasteiger partial charge >= 0.3 is 0 Å². The average molecular weight is 371 g/mol. The minimum Gasteiger partial charge on any atom is -0.218 e. The third kappa shape index (κ3) is 1.95. The smallest absolute Gasteiger partial charge is 0.207 e. The van der Waals surface area contributed by atoms with E-state index in [0.29, 0.717) is 9.79 Å². The van der Waals surface area contributed by atoms with E-state index in [9.17, 15) is 8.42 Å². The molecule has 1 aliphatic heterocycles. The molecule has 108 valence electrons. The molecule has 1 aliphatic rings. The fourth-order valence-electron chi connectivity index (χ4n) is 2.85. The summed E-state index contributed by atoms with van der Waals surface area (Å²) in [5, 5.41) is 0. The lowest BCUT2D eigenvalue weighted by atomic mass is 9.99. The second-order valence-corrected chi connectivity index (χ2v) is 8.02. The summed E-state index contributed by atoms with van der Waals surface area (Å²) in [5.74, 6) is 0. The van der Waals surface area contributed by atoms with Gasteiger partial charge in [-0.1, -0.05) is 52.3 Å². The summed E-state index contributed by atoms with van der Waals surface area (Å²) in [6.07, 6.45) is 0. The molecule has 0 atom stereocenters. The standard InChI is InChI=1S/C18H11BrO2S/c19-14-7-9-18-16(11-14)15-10-13(12-4-2-1-3-5-12)6-8-17(15)22(18,20)21/h1-11H. The summed E-state index contributed by atoms with van der Waals surface area (Å²) >= 11 is 3.42. The predicted molar refractivity (Wildman–Crippen MR) is 90.5 cm³/mol. The molecule has 3 aromatic rings. The molecule has 3 aromatic carbocycles. The molecule has 0 bridgehead atoms. The van der Waals surface area contributed by atoms with E-state index in [1.165, 1.54) is 0 Å². The lowest BCUT2D eigenvalue weighted by Gasteiger charge is -2.05. The Bertz CT molecular complexity index is 993. The first-order valence-corrected chi connectivity index (χ1v) is 9.09. The number of hydrogen-bond acceptors (Lipinski definition) is 2. The van der Waals surface area contributed by atoms with Crippen molar-refractivity contribution in [3.63, 3.8) is 0 Å². The Labute approximate surface area is 137 Å². The number of halogens is 1. The van der Waals surface area contributed by atoms with Crippen LogP contribution in [0.3, 0.4) is 0 Å². The molecule has 0 amide bonds. The SMILES string of the molecule is O=S1(=O)c2ccc(Br)cc2-c2cc(-c3ccccc3)ccc21. The van der Waals surface area contributed by atoms with Crippen molar-refractivity contribution in [1.29, 1.82) is 0 Å². The van der Waals surface area contributed by atoms with E-state index < -0.39 is 9.84 Å². The second kappa shape index (κ2) is 4.80. The van der Waals surface area contributed by atoms with Crippen LogP contribution in [0.5, 0.6) is 0 Å². The summed E-state index contributed by atoms with van der Waals surface area (Å²) in [7, 11) is -3.40. The highest BCUT2D eigenvalue weighted by Gasteiger charge is 2.33. The lowest BCUT2D eigenvalue weighted by molar-refractivity contribution is 0.598. The highest BCUT2D eigenvalue weighted by atomic mass is 79.9. The highest BCUT2D eigenvalue weighted by molar-refractivity contribution is 9.10. The molecular formula is C18H11BrO2S. The van der Waals surface area contributed by atoms with Gasteiger partial charge in [-0.25, -0.2) is 8.42 Å². The van der Waals surface area contributed by atoms with Gasteiger partial charge in [0.1, 0.15) is 0 Å². The van der Waals surface area contributed by atoms with Crippen molar-refractivity contribution in [1.82, 2.24) is 0 Å². The van der Waals surface area contributed by atoms with Crippen LogP contribution in [0.25, 0.3) is 22.3 Å². The quantitative estimate of drug-likeness (QED) is 0.476. The van der Waals surface area contributed by atoms with Gasteiger partial charge < -0.3 is 0 Å². The van der Waals surface area contributed by atoms with E-state index in [1.54, 1.807) is 18.2 Å². The van der Waals surface area contributed by atoms with Gasteiger partial charge in [-0.3, -0.25) is 0 Å². The van der Waals surface area contributed by atoms with Gasteiger partial charge in [0.05, 0.1) is 9.79 Å². The zero-order valence-corrected chi connectivity index (χ0v) is 13.9. The van der Waals surface area contributed by atoms with Gasteiger partial charge in [-0.05, 0) is 41.5 Å². The van der Waals surface area contributed by atoms with Gasteiger partial charge in [-0.15, -0.1) is 0 Å². The topological polar surface area (TPSA) is 34.1 Å². The van der Waals surface area contributed by atoms with E-state index in [-0.39, 0.29) is 0 Å². The highest BCUT2D eigenvalue weighted by Crippen LogP contribution is 2.45. The number of benzene rings is 3. The molecule has 0 aromatic heterocycles. The number of rotatable bonds is 1. The molecule has 0 aliphatic carbocycles. The summed E-state index contributed by atoms with van der Waals surface area (Å²) in [6.45, 7) is 0. The molecule has 0 unspecified atom stereocenters. The fourth-order valence-corrected chi connectivity index (χ4v) is 4.86. The average Bonchev–Trinajstić information content (AvgIpc) is 2.75.